The molecule has 0 radical (unpaired) electrons. The van der Waals surface area contributed by atoms with Gasteiger partial charge in [-0.15, -0.1) is 0 Å². The lowest BCUT2D eigenvalue weighted by atomic mass is 10.1. The van der Waals surface area contributed by atoms with Gasteiger partial charge in [-0.05, 0) is 24.6 Å². The van der Waals surface area contributed by atoms with Gasteiger partial charge in [0.1, 0.15) is 0 Å². The van der Waals surface area contributed by atoms with Crippen molar-refractivity contribution in [2.75, 3.05) is 13.3 Å². The van der Waals surface area contributed by atoms with Crippen LogP contribution in [0.3, 0.4) is 0 Å². The number of fused-ring (bicyclic) bond motifs is 1. The Kier molecular flexibility index (Phi) is 3.86. The number of hydrogen-bond acceptors (Lipinski definition) is 4. The third-order valence-corrected chi connectivity index (χ3v) is 2.89. The molecule has 1 aliphatic heterocycles. The first-order valence-electron chi connectivity index (χ1n) is 5.75. The quantitative estimate of drug-likeness (QED) is 0.883. The molecule has 0 aliphatic carbocycles. The van der Waals surface area contributed by atoms with Crippen LogP contribution < -0.4 is 14.8 Å². The Morgan fingerprint density at radius 2 is 2.00 bits per heavy atom. The van der Waals surface area contributed by atoms with Crippen LogP contribution in [0.25, 0.3) is 0 Å². The Hall–Kier alpha value is -1.47. The summed E-state index contributed by atoms with van der Waals surface area (Å²) in [6, 6.07) is 4.81. The summed E-state index contributed by atoms with van der Waals surface area (Å²) in [5.41, 5.74) is 0.763. The Bertz CT molecular complexity index is 450. The molecule has 2 rings (SSSR count). The summed E-state index contributed by atoms with van der Waals surface area (Å²) in [5, 5.41) is 11.5. The van der Waals surface area contributed by atoms with Crippen LogP contribution in [0.15, 0.2) is 18.2 Å². The Morgan fingerprint density at radius 1 is 1.32 bits per heavy atom. The summed E-state index contributed by atoms with van der Waals surface area (Å²) in [5.74, 6) is 1.19. The zero-order valence-corrected chi connectivity index (χ0v) is 10.2. The summed E-state index contributed by atoms with van der Waals surface area (Å²) >= 11 is 0. The summed E-state index contributed by atoms with van der Waals surface area (Å²) in [7, 11) is 0. The molecule has 0 bridgehead atoms. The average molecular weight is 277 g/mol. The van der Waals surface area contributed by atoms with Gasteiger partial charge in [0.2, 0.25) is 6.79 Å². The first-order chi connectivity index (χ1) is 8.88. The van der Waals surface area contributed by atoms with Crippen LogP contribution in [0.2, 0.25) is 0 Å². The van der Waals surface area contributed by atoms with Crippen LogP contribution in [0.1, 0.15) is 18.5 Å². The monoisotopic (exact) mass is 277 g/mol. The molecule has 0 amide bonds. The first kappa shape index (κ1) is 14.0. The maximum atomic E-state index is 12.2. The van der Waals surface area contributed by atoms with Gasteiger partial charge in [0, 0.05) is 12.6 Å². The van der Waals surface area contributed by atoms with E-state index in [9.17, 15) is 13.2 Å². The average Bonchev–Trinajstić information content (AvgIpc) is 2.81. The number of alkyl halides is 3. The van der Waals surface area contributed by atoms with Crippen molar-refractivity contribution in [1.82, 2.24) is 5.32 Å². The maximum Gasteiger partial charge on any atom is 0.415 e. The molecular weight excluding hydrogens is 263 g/mol. The van der Waals surface area contributed by atoms with Crippen molar-refractivity contribution in [2.45, 2.75) is 25.2 Å². The Labute approximate surface area is 108 Å². The summed E-state index contributed by atoms with van der Waals surface area (Å²) in [6.45, 7) is 1.30. The van der Waals surface area contributed by atoms with Gasteiger partial charge in [-0.2, -0.15) is 13.2 Å². The molecule has 1 aromatic rings. The third kappa shape index (κ3) is 3.30. The third-order valence-electron chi connectivity index (χ3n) is 2.89. The summed E-state index contributed by atoms with van der Waals surface area (Å²) in [6.07, 6.45) is -6.98. The molecule has 0 aromatic heterocycles. The van der Waals surface area contributed by atoms with Crippen LogP contribution in [0, 0.1) is 0 Å². The molecule has 2 N–H and O–H groups in total. The van der Waals surface area contributed by atoms with E-state index in [-0.39, 0.29) is 12.8 Å². The highest BCUT2D eigenvalue weighted by molar-refractivity contribution is 5.45. The zero-order chi connectivity index (χ0) is 14.0. The fraction of sp³-hybridized carbons (Fsp3) is 0.500. The van der Waals surface area contributed by atoms with E-state index in [0.717, 1.165) is 5.56 Å². The second kappa shape index (κ2) is 5.26. The van der Waals surface area contributed by atoms with E-state index in [1.807, 2.05) is 0 Å². The normalized spacial score (nSPS) is 17.3. The van der Waals surface area contributed by atoms with Crippen LogP contribution >= 0.6 is 0 Å². The molecule has 4 nitrogen and oxygen atoms in total. The fourth-order valence-corrected chi connectivity index (χ4v) is 1.70. The minimum atomic E-state index is -4.61. The van der Waals surface area contributed by atoms with Gasteiger partial charge in [-0.3, -0.25) is 0 Å². The SMILES string of the molecule is CC(NCC(O)C(F)(F)F)c1ccc2c(c1)OCO2. The van der Waals surface area contributed by atoms with E-state index in [4.69, 9.17) is 14.6 Å². The van der Waals surface area contributed by atoms with E-state index in [0.29, 0.717) is 11.5 Å². The molecule has 19 heavy (non-hydrogen) atoms. The topological polar surface area (TPSA) is 50.7 Å². The number of rotatable bonds is 4. The van der Waals surface area contributed by atoms with Crippen molar-refractivity contribution >= 4 is 0 Å². The van der Waals surface area contributed by atoms with Gasteiger partial charge in [-0.25, -0.2) is 0 Å². The summed E-state index contributed by atoms with van der Waals surface area (Å²) < 4.78 is 46.8. The fourth-order valence-electron chi connectivity index (χ4n) is 1.70. The smallest absolute Gasteiger partial charge is 0.415 e. The van der Waals surface area contributed by atoms with Gasteiger partial charge in [0.15, 0.2) is 17.6 Å². The van der Waals surface area contributed by atoms with Crippen LogP contribution in [-0.2, 0) is 0 Å². The molecule has 0 spiro atoms. The maximum absolute atomic E-state index is 12.2. The molecule has 1 aromatic carbocycles. The second-order valence-electron chi connectivity index (χ2n) is 4.30. The predicted octanol–water partition coefficient (Wildman–Crippen LogP) is 1.99. The van der Waals surface area contributed by atoms with E-state index >= 15 is 0 Å². The molecule has 1 aliphatic rings. The van der Waals surface area contributed by atoms with E-state index in [2.05, 4.69) is 5.32 Å². The molecule has 7 heteroatoms. The van der Waals surface area contributed by atoms with Crippen LogP contribution in [0.4, 0.5) is 13.2 Å². The number of nitrogens with one attached hydrogen (secondary N) is 1. The lowest BCUT2D eigenvalue weighted by Crippen LogP contribution is -2.39. The minimum absolute atomic E-state index is 0.146. The van der Waals surface area contributed by atoms with E-state index < -0.39 is 18.8 Å². The van der Waals surface area contributed by atoms with Gasteiger partial charge in [-0.1, -0.05) is 6.07 Å². The molecule has 0 fully saturated rings. The largest absolute Gasteiger partial charge is 0.454 e. The van der Waals surface area contributed by atoms with Gasteiger partial charge >= 0.3 is 6.18 Å². The van der Waals surface area contributed by atoms with Crippen molar-refractivity contribution < 1.29 is 27.8 Å². The van der Waals surface area contributed by atoms with E-state index in [1.54, 1.807) is 25.1 Å². The van der Waals surface area contributed by atoms with Crippen molar-refractivity contribution in [3.05, 3.63) is 23.8 Å². The van der Waals surface area contributed by atoms with Gasteiger partial charge in [0.05, 0.1) is 0 Å². The first-order valence-corrected chi connectivity index (χ1v) is 5.75. The van der Waals surface area contributed by atoms with Crippen molar-refractivity contribution in [3.8, 4) is 11.5 Å². The van der Waals surface area contributed by atoms with Gasteiger partial charge < -0.3 is 19.9 Å². The van der Waals surface area contributed by atoms with Crippen molar-refractivity contribution in [3.63, 3.8) is 0 Å². The van der Waals surface area contributed by atoms with Crippen LogP contribution in [0.5, 0.6) is 11.5 Å². The highest BCUT2D eigenvalue weighted by atomic mass is 19.4. The standard InChI is InChI=1S/C12H14F3NO3/c1-7(16-5-11(17)12(13,14)15)8-2-3-9-10(4-8)19-6-18-9/h2-4,7,11,16-17H,5-6H2,1H3. The van der Waals surface area contributed by atoms with Crippen molar-refractivity contribution in [1.29, 1.82) is 0 Å². The molecule has 1 heterocycles. The van der Waals surface area contributed by atoms with Crippen molar-refractivity contribution in [2.24, 2.45) is 0 Å². The van der Waals surface area contributed by atoms with Gasteiger partial charge in [0.25, 0.3) is 0 Å². The summed E-state index contributed by atoms with van der Waals surface area (Å²) in [4.78, 5) is 0. The number of halogens is 3. The molecule has 0 saturated carbocycles. The number of ether oxygens (including phenoxy) is 2. The lowest BCUT2D eigenvalue weighted by Gasteiger charge is -2.19. The number of hydrogen-bond donors (Lipinski definition) is 2. The Balaban J connectivity index is 1.95. The zero-order valence-electron chi connectivity index (χ0n) is 10.2. The number of aliphatic hydroxyl groups excluding tert-OH is 1. The lowest BCUT2D eigenvalue weighted by molar-refractivity contribution is -0.202. The van der Waals surface area contributed by atoms with Crippen LogP contribution in [-0.4, -0.2) is 30.7 Å². The van der Waals surface area contributed by atoms with E-state index in [1.165, 1.54) is 0 Å². The second-order valence-corrected chi connectivity index (χ2v) is 4.30. The number of benzene rings is 1. The highest BCUT2D eigenvalue weighted by Crippen LogP contribution is 2.34. The molecule has 106 valence electrons. The minimum Gasteiger partial charge on any atom is -0.454 e. The molecule has 2 unspecified atom stereocenters. The molecule has 2 atom stereocenters. The Morgan fingerprint density at radius 3 is 2.68 bits per heavy atom. The highest BCUT2D eigenvalue weighted by Gasteiger charge is 2.37. The predicted molar refractivity (Wildman–Crippen MR) is 61.0 cm³/mol. The molecule has 0 saturated heterocycles. The number of aliphatic hydroxyl groups is 1. The molecular formula is C12H14F3NO3.